The molecule has 0 spiro atoms. The molecule has 0 unspecified atom stereocenters. The molecule has 3 aromatic carbocycles. The molecule has 0 aromatic heterocycles. The number of carbonyl (C=O) groups is 2. The molecular formula is C25H21N3O5. The van der Waals surface area contributed by atoms with Crippen molar-refractivity contribution >= 4 is 34.4 Å². The molecule has 0 atom stereocenters. The first-order valence-electron chi connectivity index (χ1n) is 10.2. The molecule has 8 nitrogen and oxygen atoms in total. The largest absolute Gasteiger partial charge is 0.497 e. The summed E-state index contributed by atoms with van der Waals surface area (Å²) in [7, 11) is 1.53. The number of ether oxygens (including phenoxy) is 1. The van der Waals surface area contributed by atoms with Crippen LogP contribution in [0.5, 0.6) is 5.75 Å². The number of carbonyl (C=O) groups excluding carboxylic acids is 2. The number of nitro groups is 1. The van der Waals surface area contributed by atoms with E-state index in [1.54, 1.807) is 24.3 Å². The Labute approximate surface area is 190 Å². The summed E-state index contributed by atoms with van der Waals surface area (Å²) in [5.41, 5.74) is 3.61. The average Bonchev–Trinajstić information content (AvgIpc) is 3.06. The van der Waals surface area contributed by atoms with Crippen LogP contribution in [0, 0.1) is 24.0 Å². The van der Waals surface area contributed by atoms with Crippen LogP contribution in [0.3, 0.4) is 0 Å². The van der Waals surface area contributed by atoms with Crippen LogP contribution in [-0.2, 0) is 9.59 Å². The number of non-ortho nitro benzene ring substituents is 1. The van der Waals surface area contributed by atoms with Crippen molar-refractivity contribution in [3.05, 3.63) is 99.2 Å². The Morgan fingerprint density at radius 2 is 1.58 bits per heavy atom. The van der Waals surface area contributed by atoms with Crippen molar-refractivity contribution in [1.29, 1.82) is 0 Å². The second kappa shape index (κ2) is 8.58. The Morgan fingerprint density at radius 3 is 2.18 bits per heavy atom. The molecule has 0 radical (unpaired) electrons. The minimum Gasteiger partial charge on any atom is -0.497 e. The van der Waals surface area contributed by atoms with Crippen molar-refractivity contribution in [2.45, 2.75) is 13.8 Å². The summed E-state index contributed by atoms with van der Waals surface area (Å²) in [5.74, 6) is -0.443. The molecule has 4 rings (SSSR count). The topological polar surface area (TPSA) is 102 Å². The van der Waals surface area contributed by atoms with Gasteiger partial charge in [-0.25, -0.2) is 4.90 Å². The number of aryl methyl sites for hydroxylation is 1. The van der Waals surface area contributed by atoms with Gasteiger partial charge in [0.05, 0.1) is 23.3 Å². The van der Waals surface area contributed by atoms with Crippen molar-refractivity contribution in [3.8, 4) is 5.75 Å². The fraction of sp³-hybridized carbons (Fsp3) is 0.120. The van der Waals surface area contributed by atoms with Crippen LogP contribution in [0.25, 0.3) is 5.57 Å². The van der Waals surface area contributed by atoms with Crippen LogP contribution in [0.4, 0.5) is 17.1 Å². The lowest BCUT2D eigenvalue weighted by molar-refractivity contribution is -0.384. The minimum atomic E-state index is -0.521. The Kier molecular flexibility index (Phi) is 5.66. The van der Waals surface area contributed by atoms with E-state index < -0.39 is 16.7 Å². The highest BCUT2D eigenvalue weighted by molar-refractivity contribution is 6.46. The molecule has 0 bridgehead atoms. The first kappa shape index (κ1) is 21.8. The van der Waals surface area contributed by atoms with Gasteiger partial charge in [0.15, 0.2) is 0 Å². The summed E-state index contributed by atoms with van der Waals surface area (Å²) in [4.78, 5) is 38.6. The number of rotatable bonds is 6. The van der Waals surface area contributed by atoms with E-state index in [4.69, 9.17) is 4.74 Å². The van der Waals surface area contributed by atoms with Crippen LogP contribution in [0.2, 0.25) is 0 Å². The van der Waals surface area contributed by atoms with Crippen molar-refractivity contribution in [2.24, 2.45) is 0 Å². The van der Waals surface area contributed by atoms with Crippen molar-refractivity contribution in [2.75, 3.05) is 17.3 Å². The van der Waals surface area contributed by atoms with E-state index in [-0.39, 0.29) is 17.0 Å². The molecule has 0 saturated heterocycles. The van der Waals surface area contributed by atoms with Gasteiger partial charge >= 0.3 is 0 Å². The third kappa shape index (κ3) is 3.94. The highest BCUT2D eigenvalue weighted by atomic mass is 16.6. The first-order valence-corrected chi connectivity index (χ1v) is 10.2. The molecule has 1 heterocycles. The molecule has 0 aliphatic carbocycles. The Bertz CT molecular complexity index is 1290. The molecule has 0 fully saturated rings. The zero-order valence-corrected chi connectivity index (χ0v) is 18.3. The van der Waals surface area contributed by atoms with Gasteiger partial charge in [-0.2, -0.15) is 0 Å². The van der Waals surface area contributed by atoms with Gasteiger partial charge in [-0.05, 0) is 73.0 Å². The predicted molar refractivity (Wildman–Crippen MR) is 125 cm³/mol. The monoisotopic (exact) mass is 443 g/mol. The van der Waals surface area contributed by atoms with Gasteiger partial charge in [-0.15, -0.1) is 0 Å². The van der Waals surface area contributed by atoms with Gasteiger partial charge < -0.3 is 10.1 Å². The van der Waals surface area contributed by atoms with Crippen LogP contribution in [0.1, 0.15) is 16.7 Å². The second-order valence-electron chi connectivity index (χ2n) is 7.57. The highest BCUT2D eigenvalue weighted by Gasteiger charge is 2.40. The second-order valence-corrected chi connectivity index (χ2v) is 7.57. The minimum absolute atomic E-state index is 0.104. The maximum atomic E-state index is 13.5. The lowest BCUT2D eigenvalue weighted by Crippen LogP contribution is -2.32. The van der Waals surface area contributed by atoms with Gasteiger partial charge in [0.2, 0.25) is 0 Å². The van der Waals surface area contributed by atoms with Gasteiger partial charge in [0.25, 0.3) is 17.5 Å². The summed E-state index contributed by atoms with van der Waals surface area (Å²) in [6.07, 6.45) is 0. The van der Waals surface area contributed by atoms with Crippen LogP contribution in [0.15, 0.2) is 72.4 Å². The Hall–Kier alpha value is -4.46. The standard InChI is InChI=1S/C25H21N3O5/c1-15-5-4-6-21(16(15)2)26-23-22(17-7-9-19(10-8-17)28(31)32)24(29)27(25(23)30)18-11-13-20(33-3)14-12-18/h4-14,26H,1-3H3. The molecule has 3 aromatic rings. The first-order chi connectivity index (χ1) is 15.8. The molecular weight excluding hydrogens is 422 g/mol. The van der Waals surface area contributed by atoms with Crippen LogP contribution in [-0.4, -0.2) is 23.8 Å². The number of hydrogen-bond donors (Lipinski definition) is 1. The van der Waals surface area contributed by atoms with E-state index in [9.17, 15) is 19.7 Å². The number of amides is 2. The van der Waals surface area contributed by atoms with Crippen molar-refractivity contribution in [3.63, 3.8) is 0 Å². The average molecular weight is 443 g/mol. The van der Waals surface area contributed by atoms with Gasteiger partial charge in [-0.3, -0.25) is 19.7 Å². The van der Waals surface area contributed by atoms with E-state index in [0.29, 0.717) is 22.7 Å². The number of nitrogens with one attached hydrogen (secondary N) is 1. The summed E-state index contributed by atoms with van der Waals surface area (Å²) >= 11 is 0. The third-order valence-electron chi connectivity index (χ3n) is 5.65. The van der Waals surface area contributed by atoms with Gasteiger partial charge in [0.1, 0.15) is 11.4 Å². The van der Waals surface area contributed by atoms with E-state index in [2.05, 4.69) is 5.32 Å². The van der Waals surface area contributed by atoms with Crippen LogP contribution < -0.4 is 15.0 Å². The lowest BCUT2D eigenvalue weighted by atomic mass is 10.0. The van der Waals surface area contributed by atoms with E-state index >= 15 is 0 Å². The summed E-state index contributed by atoms with van der Waals surface area (Å²) in [6.45, 7) is 3.88. The molecule has 33 heavy (non-hydrogen) atoms. The van der Waals surface area contributed by atoms with Crippen molar-refractivity contribution < 1.29 is 19.2 Å². The number of nitrogens with zero attached hydrogens (tertiary/aromatic N) is 2. The zero-order chi connectivity index (χ0) is 23.7. The third-order valence-corrected chi connectivity index (χ3v) is 5.65. The number of benzene rings is 3. The van der Waals surface area contributed by atoms with E-state index in [1.807, 2.05) is 32.0 Å². The molecule has 1 aliphatic heterocycles. The SMILES string of the molecule is COc1ccc(N2C(=O)C(Nc3cccc(C)c3C)=C(c3ccc([N+](=O)[O-])cc3)C2=O)cc1. The molecule has 166 valence electrons. The van der Waals surface area contributed by atoms with E-state index in [0.717, 1.165) is 16.0 Å². The predicted octanol–water partition coefficient (Wildman–Crippen LogP) is 4.62. The molecule has 0 saturated carbocycles. The summed E-state index contributed by atoms with van der Waals surface area (Å²) < 4.78 is 5.16. The summed E-state index contributed by atoms with van der Waals surface area (Å²) in [5, 5.41) is 14.2. The fourth-order valence-corrected chi connectivity index (χ4v) is 3.65. The lowest BCUT2D eigenvalue weighted by Gasteiger charge is -2.16. The number of anilines is 2. The normalized spacial score (nSPS) is 13.5. The molecule has 8 heteroatoms. The van der Waals surface area contributed by atoms with Crippen LogP contribution >= 0.6 is 0 Å². The number of imide groups is 1. The Balaban J connectivity index is 1.82. The Morgan fingerprint density at radius 1 is 0.909 bits per heavy atom. The van der Waals surface area contributed by atoms with Gasteiger partial charge in [-0.1, -0.05) is 12.1 Å². The highest BCUT2D eigenvalue weighted by Crippen LogP contribution is 2.35. The molecule has 1 N–H and O–H groups in total. The number of hydrogen-bond acceptors (Lipinski definition) is 6. The number of methoxy groups -OCH3 is 1. The maximum absolute atomic E-state index is 13.5. The van der Waals surface area contributed by atoms with Gasteiger partial charge in [0, 0.05) is 17.8 Å². The van der Waals surface area contributed by atoms with Crippen molar-refractivity contribution in [1.82, 2.24) is 0 Å². The quantitative estimate of drug-likeness (QED) is 0.339. The summed E-state index contributed by atoms with van der Waals surface area (Å²) in [6, 6.07) is 17.8. The van der Waals surface area contributed by atoms with E-state index in [1.165, 1.54) is 31.4 Å². The maximum Gasteiger partial charge on any atom is 0.282 e. The zero-order valence-electron chi connectivity index (χ0n) is 18.3. The molecule has 2 amide bonds. The smallest absolute Gasteiger partial charge is 0.282 e. The number of nitro benzene ring substituents is 1. The fourth-order valence-electron chi connectivity index (χ4n) is 3.65. The molecule has 1 aliphatic rings.